The Bertz CT molecular complexity index is 1030. The fourth-order valence-electron chi connectivity index (χ4n) is 4.79. The molecule has 1 saturated heterocycles. The van der Waals surface area contributed by atoms with E-state index in [2.05, 4.69) is 36.2 Å². The van der Waals surface area contributed by atoms with Crippen LogP contribution in [0.25, 0.3) is 0 Å². The SMILES string of the molecule is CC(C)NC(Cc1ccccc1)C(=O)N1CCN(C(c2ccc(F)cc2)c2ccc(F)cc2)CC1. The van der Waals surface area contributed by atoms with Crippen LogP contribution < -0.4 is 5.32 Å². The van der Waals surface area contributed by atoms with Gasteiger partial charge in [-0.15, -0.1) is 0 Å². The van der Waals surface area contributed by atoms with Gasteiger partial charge in [-0.05, 0) is 47.4 Å². The number of carbonyl (C=O) groups excluding carboxylic acids is 1. The Morgan fingerprint density at radius 3 is 1.80 bits per heavy atom. The Morgan fingerprint density at radius 2 is 1.31 bits per heavy atom. The molecule has 3 aromatic carbocycles. The summed E-state index contributed by atoms with van der Waals surface area (Å²) in [4.78, 5) is 17.7. The van der Waals surface area contributed by atoms with E-state index in [1.165, 1.54) is 24.3 Å². The maximum absolute atomic E-state index is 13.6. The minimum atomic E-state index is -0.288. The lowest BCUT2D eigenvalue weighted by Gasteiger charge is -2.41. The molecule has 6 heteroatoms. The second kappa shape index (κ2) is 11.6. The molecule has 1 aliphatic rings. The van der Waals surface area contributed by atoms with Crippen molar-refractivity contribution >= 4 is 5.91 Å². The van der Waals surface area contributed by atoms with Crippen LogP contribution in [0, 0.1) is 11.6 Å². The number of rotatable bonds is 8. The number of benzene rings is 3. The molecule has 1 heterocycles. The molecule has 1 aliphatic heterocycles. The molecule has 0 bridgehead atoms. The molecule has 35 heavy (non-hydrogen) atoms. The molecule has 0 aliphatic carbocycles. The lowest BCUT2D eigenvalue weighted by molar-refractivity contribution is -0.135. The first kappa shape index (κ1) is 25.0. The van der Waals surface area contributed by atoms with Gasteiger partial charge in [0.05, 0.1) is 12.1 Å². The van der Waals surface area contributed by atoms with E-state index in [1.807, 2.05) is 23.1 Å². The Labute approximate surface area is 206 Å². The Morgan fingerprint density at radius 1 is 0.800 bits per heavy atom. The standard InChI is InChI=1S/C29H33F2N3O/c1-21(2)32-27(20-22-6-4-3-5-7-22)29(35)34-18-16-33(17-19-34)28(23-8-12-25(30)13-9-23)24-10-14-26(31)15-11-24/h3-15,21,27-28,32H,16-20H2,1-2H3. The normalized spacial score (nSPS) is 15.5. The van der Waals surface area contributed by atoms with Gasteiger partial charge in [0, 0.05) is 32.2 Å². The average molecular weight is 478 g/mol. The third-order valence-electron chi connectivity index (χ3n) is 6.48. The van der Waals surface area contributed by atoms with Gasteiger partial charge in [-0.3, -0.25) is 9.69 Å². The molecule has 1 N–H and O–H groups in total. The van der Waals surface area contributed by atoms with E-state index in [9.17, 15) is 13.6 Å². The van der Waals surface area contributed by atoms with Crippen LogP contribution in [0.1, 0.15) is 36.6 Å². The highest BCUT2D eigenvalue weighted by atomic mass is 19.1. The van der Waals surface area contributed by atoms with E-state index < -0.39 is 0 Å². The first-order valence-corrected chi connectivity index (χ1v) is 12.2. The number of nitrogens with zero attached hydrogens (tertiary/aromatic N) is 2. The fraction of sp³-hybridized carbons (Fsp3) is 0.345. The monoisotopic (exact) mass is 477 g/mol. The highest BCUT2D eigenvalue weighted by Crippen LogP contribution is 2.30. The van der Waals surface area contributed by atoms with Crippen molar-refractivity contribution in [2.45, 2.75) is 38.4 Å². The molecule has 4 rings (SSSR count). The number of nitrogens with one attached hydrogen (secondary N) is 1. The summed E-state index contributed by atoms with van der Waals surface area (Å²) in [6.45, 7) is 6.65. The van der Waals surface area contributed by atoms with Gasteiger partial charge in [0.15, 0.2) is 0 Å². The molecule has 1 amide bonds. The summed E-state index contributed by atoms with van der Waals surface area (Å²) in [5, 5.41) is 3.45. The van der Waals surface area contributed by atoms with Gasteiger partial charge in [-0.2, -0.15) is 0 Å². The van der Waals surface area contributed by atoms with Crippen molar-refractivity contribution in [2.75, 3.05) is 26.2 Å². The topological polar surface area (TPSA) is 35.6 Å². The van der Waals surface area contributed by atoms with Crippen molar-refractivity contribution in [3.05, 3.63) is 107 Å². The minimum absolute atomic E-state index is 0.113. The van der Waals surface area contributed by atoms with E-state index in [0.717, 1.165) is 16.7 Å². The molecule has 1 fully saturated rings. The third-order valence-corrected chi connectivity index (χ3v) is 6.48. The molecule has 184 valence electrons. The average Bonchev–Trinajstić information content (AvgIpc) is 2.86. The molecular weight excluding hydrogens is 444 g/mol. The molecule has 4 nitrogen and oxygen atoms in total. The Kier molecular flexibility index (Phi) is 8.26. The fourth-order valence-corrected chi connectivity index (χ4v) is 4.79. The quantitative estimate of drug-likeness (QED) is 0.506. The van der Waals surface area contributed by atoms with Gasteiger partial charge in [0.1, 0.15) is 11.6 Å². The number of piperazine rings is 1. The van der Waals surface area contributed by atoms with Crippen LogP contribution in [-0.4, -0.2) is 54.0 Å². The van der Waals surface area contributed by atoms with Crippen LogP contribution in [0.5, 0.6) is 0 Å². The third kappa shape index (κ3) is 6.53. The van der Waals surface area contributed by atoms with Crippen molar-refractivity contribution in [3.8, 4) is 0 Å². The van der Waals surface area contributed by atoms with Gasteiger partial charge in [0.2, 0.25) is 5.91 Å². The molecule has 0 radical (unpaired) electrons. The molecule has 1 atom stereocenters. The summed E-state index contributed by atoms with van der Waals surface area (Å²) in [5.41, 5.74) is 3.02. The first-order valence-electron chi connectivity index (χ1n) is 12.2. The summed E-state index contributed by atoms with van der Waals surface area (Å²) in [5.74, 6) is -0.462. The maximum Gasteiger partial charge on any atom is 0.240 e. The van der Waals surface area contributed by atoms with E-state index in [0.29, 0.717) is 32.6 Å². The van der Waals surface area contributed by atoms with Crippen LogP contribution >= 0.6 is 0 Å². The molecule has 1 unspecified atom stereocenters. The van der Waals surface area contributed by atoms with E-state index in [-0.39, 0.29) is 35.7 Å². The largest absolute Gasteiger partial charge is 0.339 e. The lowest BCUT2D eigenvalue weighted by Crippen LogP contribution is -2.56. The zero-order valence-corrected chi connectivity index (χ0v) is 20.3. The van der Waals surface area contributed by atoms with Crippen molar-refractivity contribution in [2.24, 2.45) is 0 Å². The molecule has 0 spiro atoms. The van der Waals surface area contributed by atoms with Gasteiger partial charge in [-0.1, -0.05) is 68.4 Å². The summed E-state index contributed by atoms with van der Waals surface area (Å²) in [6.07, 6.45) is 0.645. The van der Waals surface area contributed by atoms with Crippen LogP contribution in [0.3, 0.4) is 0 Å². The van der Waals surface area contributed by atoms with Crippen LogP contribution in [-0.2, 0) is 11.2 Å². The summed E-state index contributed by atoms with van der Waals surface area (Å²) in [7, 11) is 0. The van der Waals surface area contributed by atoms with Crippen molar-refractivity contribution in [1.82, 2.24) is 15.1 Å². The molecule has 0 saturated carbocycles. The van der Waals surface area contributed by atoms with Gasteiger partial charge >= 0.3 is 0 Å². The molecule has 3 aromatic rings. The van der Waals surface area contributed by atoms with Gasteiger partial charge in [-0.25, -0.2) is 8.78 Å². The minimum Gasteiger partial charge on any atom is -0.339 e. The second-order valence-corrected chi connectivity index (χ2v) is 9.43. The van der Waals surface area contributed by atoms with Crippen molar-refractivity contribution in [1.29, 1.82) is 0 Å². The predicted octanol–water partition coefficient (Wildman–Crippen LogP) is 4.81. The lowest BCUT2D eigenvalue weighted by atomic mass is 9.96. The second-order valence-electron chi connectivity index (χ2n) is 9.43. The zero-order chi connectivity index (χ0) is 24.8. The van der Waals surface area contributed by atoms with Gasteiger partial charge in [0.25, 0.3) is 0 Å². The molecule has 0 aromatic heterocycles. The summed E-state index contributed by atoms with van der Waals surface area (Å²) < 4.78 is 27.2. The highest BCUT2D eigenvalue weighted by molar-refractivity contribution is 5.82. The number of carbonyl (C=O) groups is 1. The highest BCUT2D eigenvalue weighted by Gasteiger charge is 2.31. The van der Waals surface area contributed by atoms with Crippen LogP contribution in [0.4, 0.5) is 8.78 Å². The van der Waals surface area contributed by atoms with E-state index in [4.69, 9.17) is 0 Å². The summed E-state index contributed by atoms with van der Waals surface area (Å²) in [6, 6.07) is 22.8. The zero-order valence-electron chi connectivity index (χ0n) is 20.3. The number of amides is 1. The predicted molar refractivity (Wildman–Crippen MR) is 135 cm³/mol. The van der Waals surface area contributed by atoms with Crippen LogP contribution in [0.2, 0.25) is 0 Å². The van der Waals surface area contributed by atoms with Crippen LogP contribution in [0.15, 0.2) is 78.9 Å². The number of halogens is 2. The first-order chi connectivity index (χ1) is 16.9. The van der Waals surface area contributed by atoms with Crippen molar-refractivity contribution in [3.63, 3.8) is 0 Å². The smallest absolute Gasteiger partial charge is 0.240 e. The Hall–Kier alpha value is -3.09. The summed E-state index contributed by atoms with van der Waals surface area (Å²) >= 11 is 0. The van der Waals surface area contributed by atoms with Crippen molar-refractivity contribution < 1.29 is 13.6 Å². The molecular formula is C29H33F2N3O. The van der Waals surface area contributed by atoms with E-state index in [1.54, 1.807) is 24.3 Å². The maximum atomic E-state index is 13.6. The number of hydrogen-bond donors (Lipinski definition) is 1. The number of hydrogen-bond acceptors (Lipinski definition) is 3. The van der Waals surface area contributed by atoms with Gasteiger partial charge < -0.3 is 10.2 Å². The Balaban J connectivity index is 1.48. The van der Waals surface area contributed by atoms with E-state index >= 15 is 0 Å².